The monoisotopic (exact) mass is 704 g/mol. The summed E-state index contributed by atoms with van der Waals surface area (Å²) in [7, 11) is 0. The minimum atomic E-state index is 0.554. The Labute approximate surface area is 313 Å². The first-order valence-corrected chi connectivity index (χ1v) is 18.3. The van der Waals surface area contributed by atoms with Gasteiger partial charge in [-0.15, -0.1) is 0 Å². The van der Waals surface area contributed by atoms with E-state index in [0.717, 1.165) is 77.3 Å². The van der Waals surface area contributed by atoms with Crippen LogP contribution in [0.3, 0.4) is 0 Å². The highest BCUT2D eigenvalue weighted by Crippen LogP contribution is 2.42. The van der Waals surface area contributed by atoms with Crippen molar-refractivity contribution in [2.45, 2.75) is 0 Å². The second-order valence-electron chi connectivity index (χ2n) is 14.0. The number of rotatable bonds is 4. The number of hydrogen-bond acceptors (Lipinski definition) is 5. The number of fused-ring (bicyclic) bond motifs is 10. The molecule has 0 atom stereocenters. The molecule has 256 valence electrons. The maximum absolute atomic E-state index is 6.66. The zero-order valence-electron chi connectivity index (χ0n) is 29.3. The Bertz CT molecular complexity index is 3500. The fraction of sp³-hybridized carbons (Fsp3) is 0. The van der Waals surface area contributed by atoms with Crippen molar-refractivity contribution in [3.8, 4) is 39.9 Å². The Kier molecular flexibility index (Phi) is 6.24. The summed E-state index contributed by atoms with van der Waals surface area (Å²) in [5.74, 6) is 1.69. The molecule has 0 saturated heterocycles. The zero-order valence-corrected chi connectivity index (χ0v) is 29.3. The molecule has 0 aliphatic rings. The van der Waals surface area contributed by atoms with Crippen molar-refractivity contribution in [1.82, 2.24) is 19.5 Å². The lowest BCUT2D eigenvalue weighted by molar-refractivity contribution is 0.668. The molecule has 0 amide bonds. The van der Waals surface area contributed by atoms with Crippen LogP contribution in [0.25, 0.3) is 116 Å². The number of hydrogen-bond donors (Lipinski definition) is 0. The summed E-state index contributed by atoms with van der Waals surface area (Å²) in [5, 5.41) is 8.84. The molecule has 6 heteroatoms. The highest BCUT2D eigenvalue weighted by molar-refractivity contribution is 6.16. The van der Waals surface area contributed by atoms with Gasteiger partial charge in [0.1, 0.15) is 22.3 Å². The summed E-state index contributed by atoms with van der Waals surface area (Å²) in [5.41, 5.74) is 8.96. The Morgan fingerprint density at radius 2 is 0.982 bits per heavy atom. The van der Waals surface area contributed by atoms with E-state index >= 15 is 0 Å². The molecule has 0 fully saturated rings. The molecule has 0 N–H and O–H groups in total. The molecule has 8 aromatic carbocycles. The van der Waals surface area contributed by atoms with E-state index < -0.39 is 0 Å². The number of nitrogens with zero attached hydrogens (tertiary/aromatic N) is 4. The van der Waals surface area contributed by atoms with E-state index in [1.807, 2.05) is 72.8 Å². The fourth-order valence-electron chi connectivity index (χ4n) is 8.29. The van der Waals surface area contributed by atoms with Crippen LogP contribution in [0, 0.1) is 0 Å². The predicted octanol–water partition coefficient (Wildman–Crippen LogP) is 12.9. The fourth-order valence-corrected chi connectivity index (χ4v) is 8.29. The lowest BCUT2D eigenvalue weighted by Gasteiger charge is -2.13. The second-order valence-corrected chi connectivity index (χ2v) is 14.0. The minimum absolute atomic E-state index is 0.554. The average Bonchev–Trinajstić information content (AvgIpc) is 3.91. The molecule has 0 spiro atoms. The molecule has 4 aromatic heterocycles. The maximum Gasteiger partial charge on any atom is 0.164 e. The van der Waals surface area contributed by atoms with Crippen molar-refractivity contribution >= 4 is 76.5 Å². The van der Waals surface area contributed by atoms with E-state index in [-0.39, 0.29) is 0 Å². The van der Waals surface area contributed by atoms with Gasteiger partial charge in [0.2, 0.25) is 0 Å². The third kappa shape index (κ3) is 4.58. The summed E-state index contributed by atoms with van der Waals surface area (Å²) >= 11 is 0. The molecule has 0 radical (unpaired) electrons. The normalized spacial score (nSPS) is 12.0. The van der Waals surface area contributed by atoms with E-state index in [1.54, 1.807) is 0 Å². The Hall–Kier alpha value is -7.57. The molecule has 12 aromatic rings. The first-order valence-electron chi connectivity index (χ1n) is 18.3. The van der Waals surface area contributed by atoms with Crippen LogP contribution in [0.1, 0.15) is 0 Å². The molecule has 0 aliphatic carbocycles. The Morgan fingerprint density at radius 3 is 1.82 bits per heavy atom. The molecule has 0 unspecified atom stereocenters. The summed E-state index contributed by atoms with van der Waals surface area (Å²) in [6.07, 6.45) is 0. The summed E-state index contributed by atoms with van der Waals surface area (Å²) in [4.78, 5) is 15.6. The van der Waals surface area contributed by atoms with Crippen LogP contribution in [0.5, 0.6) is 0 Å². The third-order valence-corrected chi connectivity index (χ3v) is 10.8. The summed E-state index contributed by atoms with van der Waals surface area (Å²) in [6, 6.07) is 58.6. The van der Waals surface area contributed by atoms with Gasteiger partial charge in [-0.05, 0) is 59.3 Å². The van der Waals surface area contributed by atoms with Crippen LogP contribution in [0.15, 0.2) is 179 Å². The first kappa shape index (κ1) is 29.9. The van der Waals surface area contributed by atoms with Gasteiger partial charge < -0.3 is 13.4 Å². The zero-order chi connectivity index (χ0) is 36.0. The molecule has 0 aliphatic heterocycles. The van der Waals surface area contributed by atoms with Gasteiger partial charge >= 0.3 is 0 Å². The lowest BCUT2D eigenvalue weighted by atomic mass is 10.0. The minimum Gasteiger partial charge on any atom is -0.456 e. The van der Waals surface area contributed by atoms with Gasteiger partial charge in [-0.3, -0.25) is 0 Å². The highest BCUT2D eigenvalue weighted by atomic mass is 16.3. The quantitative estimate of drug-likeness (QED) is 0.182. The van der Waals surface area contributed by atoms with Gasteiger partial charge in [-0.2, -0.15) is 0 Å². The summed E-state index contributed by atoms with van der Waals surface area (Å²) < 4.78 is 15.3. The molecule has 4 heterocycles. The van der Waals surface area contributed by atoms with E-state index in [2.05, 4.69) is 102 Å². The predicted molar refractivity (Wildman–Crippen MR) is 223 cm³/mol. The van der Waals surface area contributed by atoms with Crippen molar-refractivity contribution in [2.24, 2.45) is 0 Å². The van der Waals surface area contributed by atoms with E-state index in [1.165, 1.54) is 21.5 Å². The molecule has 0 bridgehead atoms. The number of furan rings is 2. The van der Waals surface area contributed by atoms with Crippen molar-refractivity contribution in [3.05, 3.63) is 170 Å². The third-order valence-electron chi connectivity index (χ3n) is 10.8. The number of benzene rings is 8. The number of aromatic nitrogens is 4. The van der Waals surface area contributed by atoms with Gasteiger partial charge in [0.15, 0.2) is 17.5 Å². The maximum atomic E-state index is 6.66. The summed E-state index contributed by atoms with van der Waals surface area (Å²) in [6.45, 7) is 0. The highest BCUT2D eigenvalue weighted by Gasteiger charge is 2.22. The molecular formula is C49H28N4O2. The van der Waals surface area contributed by atoms with Crippen molar-refractivity contribution in [1.29, 1.82) is 0 Å². The first-order chi connectivity index (χ1) is 27.2. The molecule has 12 rings (SSSR count). The van der Waals surface area contributed by atoms with Crippen molar-refractivity contribution in [2.75, 3.05) is 0 Å². The van der Waals surface area contributed by atoms with Gasteiger partial charge in [-0.1, -0.05) is 115 Å². The molecule has 6 nitrogen and oxygen atoms in total. The van der Waals surface area contributed by atoms with E-state index in [4.69, 9.17) is 23.8 Å². The van der Waals surface area contributed by atoms with Crippen LogP contribution >= 0.6 is 0 Å². The van der Waals surface area contributed by atoms with Crippen LogP contribution in [0.2, 0.25) is 0 Å². The Morgan fingerprint density at radius 1 is 0.364 bits per heavy atom. The smallest absolute Gasteiger partial charge is 0.164 e. The van der Waals surface area contributed by atoms with Gasteiger partial charge in [-0.25, -0.2) is 15.0 Å². The van der Waals surface area contributed by atoms with E-state index in [0.29, 0.717) is 17.5 Å². The van der Waals surface area contributed by atoms with Crippen molar-refractivity contribution in [3.63, 3.8) is 0 Å². The number of para-hydroxylation sites is 3. The van der Waals surface area contributed by atoms with Crippen LogP contribution in [-0.2, 0) is 0 Å². The lowest BCUT2D eigenvalue weighted by Crippen LogP contribution is -2.01. The molecule has 0 saturated carbocycles. The van der Waals surface area contributed by atoms with Gasteiger partial charge in [0, 0.05) is 55.1 Å². The standard InChI is InChI=1S/C49H28N4O2/c1-2-12-29(13-3-1)47-50-48(32-22-23-36-35-17-7-10-20-42(35)54-44(36)26-32)52-49(51-47)39-27-33(28-45-46(39)37-18-8-11-21-43(37)55-45)53-40-19-9-6-16-34(40)38-24-30-14-4-5-15-31(30)25-41(38)53/h1-28H. The molecule has 55 heavy (non-hydrogen) atoms. The van der Waals surface area contributed by atoms with E-state index in [9.17, 15) is 0 Å². The van der Waals surface area contributed by atoms with Gasteiger partial charge in [0.25, 0.3) is 0 Å². The van der Waals surface area contributed by atoms with Crippen molar-refractivity contribution < 1.29 is 8.83 Å². The topological polar surface area (TPSA) is 69.9 Å². The largest absolute Gasteiger partial charge is 0.456 e. The SMILES string of the molecule is c1ccc(-c2nc(-c3ccc4c(c3)oc3ccccc34)nc(-c3cc(-n4c5ccccc5c5cc6ccccc6cc54)cc4oc5ccccc5c34)n2)cc1. The average molecular weight is 705 g/mol. The van der Waals surface area contributed by atoms with Crippen LogP contribution in [-0.4, -0.2) is 19.5 Å². The van der Waals surface area contributed by atoms with Crippen LogP contribution in [0.4, 0.5) is 0 Å². The second kappa shape index (κ2) is 11.5. The Balaban J connectivity index is 1.16. The van der Waals surface area contributed by atoms with Gasteiger partial charge in [0.05, 0.1) is 16.7 Å². The van der Waals surface area contributed by atoms with Crippen LogP contribution < -0.4 is 0 Å². The molecular weight excluding hydrogens is 677 g/mol.